The van der Waals surface area contributed by atoms with Gasteiger partial charge in [0.15, 0.2) is 23.1 Å². The van der Waals surface area contributed by atoms with Gasteiger partial charge in [-0.2, -0.15) is 0 Å². The number of hydrogen-bond acceptors (Lipinski definition) is 5. The monoisotopic (exact) mass is 565 g/mol. The van der Waals surface area contributed by atoms with Gasteiger partial charge in [0.25, 0.3) is 0 Å². The molecule has 2 aromatic rings. The number of methoxy groups -OCH3 is 1. The van der Waals surface area contributed by atoms with Crippen LogP contribution in [0, 0.1) is 10.8 Å². The minimum Gasteiger partial charge on any atom is -0.493 e. The zero-order valence-electron chi connectivity index (χ0n) is 25.7. The van der Waals surface area contributed by atoms with Crippen molar-refractivity contribution in [2.45, 2.75) is 72.3 Å². The first-order chi connectivity index (χ1) is 20.0. The molecule has 220 valence electrons. The molecule has 2 aliphatic carbocycles. The van der Waals surface area contributed by atoms with Crippen LogP contribution in [0.5, 0.6) is 11.5 Å². The fraction of sp³-hybridized carbons (Fsp3) is 0.405. The first kappa shape index (κ1) is 29.6. The highest BCUT2D eigenvalue weighted by atomic mass is 16.5. The number of ketones is 2. The molecule has 0 saturated heterocycles. The first-order valence-corrected chi connectivity index (χ1v) is 14.9. The summed E-state index contributed by atoms with van der Waals surface area (Å²) in [4.78, 5) is 30.7. The van der Waals surface area contributed by atoms with Gasteiger partial charge in [-0.05, 0) is 47.3 Å². The molecule has 5 nitrogen and oxygen atoms in total. The van der Waals surface area contributed by atoms with Crippen LogP contribution in [0.3, 0.4) is 0 Å². The van der Waals surface area contributed by atoms with E-state index >= 15 is 0 Å². The normalized spacial score (nSPS) is 19.8. The van der Waals surface area contributed by atoms with Crippen LogP contribution in [0.4, 0.5) is 0 Å². The molecule has 0 amide bonds. The molecule has 0 unspecified atom stereocenters. The lowest BCUT2D eigenvalue weighted by Crippen LogP contribution is -2.44. The van der Waals surface area contributed by atoms with E-state index in [9.17, 15) is 9.59 Å². The van der Waals surface area contributed by atoms with Crippen molar-refractivity contribution in [3.05, 3.63) is 107 Å². The van der Waals surface area contributed by atoms with Crippen LogP contribution in [-0.4, -0.2) is 30.2 Å². The second-order valence-corrected chi connectivity index (χ2v) is 13.4. The second-order valence-electron chi connectivity index (χ2n) is 13.4. The van der Waals surface area contributed by atoms with Crippen molar-refractivity contribution in [3.8, 4) is 11.5 Å². The Morgan fingerprint density at radius 1 is 0.881 bits per heavy atom. The average Bonchev–Trinajstić information content (AvgIpc) is 2.92. The number of hydrogen-bond donors (Lipinski definition) is 0. The van der Waals surface area contributed by atoms with E-state index < -0.39 is 5.92 Å². The zero-order chi connectivity index (χ0) is 30.2. The van der Waals surface area contributed by atoms with Gasteiger partial charge in [-0.3, -0.25) is 9.59 Å². The van der Waals surface area contributed by atoms with Gasteiger partial charge >= 0.3 is 0 Å². The van der Waals surface area contributed by atoms with Crippen LogP contribution in [0.15, 0.2) is 90.3 Å². The summed E-state index contributed by atoms with van der Waals surface area (Å²) in [6.07, 6.45) is 6.51. The third-order valence-corrected chi connectivity index (χ3v) is 8.62. The lowest BCUT2D eigenvalue weighted by atomic mass is 9.63. The summed E-state index contributed by atoms with van der Waals surface area (Å²) in [5.41, 5.74) is 6.17. The molecule has 0 N–H and O–H groups in total. The number of nitrogens with zero attached hydrogens (tertiary/aromatic N) is 1. The van der Waals surface area contributed by atoms with Gasteiger partial charge in [0.05, 0.1) is 7.11 Å². The highest BCUT2D eigenvalue weighted by molar-refractivity contribution is 6.06. The molecule has 0 bridgehead atoms. The van der Waals surface area contributed by atoms with Gasteiger partial charge < -0.3 is 14.4 Å². The Hall–Kier alpha value is -3.86. The summed E-state index contributed by atoms with van der Waals surface area (Å²) in [5, 5.41) is 0. The molecule has 1 heterocycles. The van der Waals surface area contributed by atoms with E-state index in [-0.39, 0.29) is 22.4 Å². The van der Waals surface area contributed by atoms with E-state index in [1.807, 2.05) is 30.3 Å². The summed E-state index contributed by atoms with van der Waals surface area (Å²) in [5.74, 6) is 0.988. The van der Waals surface area contributed by atoms with Crippen molar-refractivity contribution in [2.75, 3.05) is 13.7 Å². The van der Waals surface area contributed by atoms with Crippen LogP contribution in [-0.2, 0) is 22.6 Å². The molecule has 0 spiro atoms. The zero-order valence-corrected chi connectivity index (χ0v) is 25.7. The minimum atomic E-state index is -0.458. The summed E-state index contributed by atoms with van der Waals surface area (Å²) in [6.45, 7) is 17.4. The molecular weight excluding hydrogens is 522 g/mol. The summed E-state index contributed by atoms with van der Waals surface area (Å²) < 4.78 is 11.9. The van der Waals surface area contributed by atoms with E-state index in [1.165, 1.54) is 0 Å². The fourth-order valence-electron chi connectivity index (χ4n) is 6.95. The number of rotatable bonds is 9. The number of carbonyl (C=O) groups excluding carboxylic acids is 2. The smallest absolute Gasteiger partial charge is 0.165 e. The Morgan fingerprint density at radius 3 is 2.00 bits per heavy atom. The number of allylic oxidation sites excluding steroid dienone is 5. The van der Waals surface area contributed by atoms with Crippen molar-refractivity contribution in [3.63, 3.8) is 0 Å². The highest BCUT2D eigenvalue weighted by Crippen LogP contribution is 2.55. The largest absolute Gasteiger partial charge is 0.493 e. The quantitative estimate of drug-likeness (QED) is 0.290. The molecule has 1 aliphatic heterocycles. The van der Waals surface area contributed by atoms with Crippen molar-refractivity contribution in [1.82, 2.24) is 4.90 Å². The van der Waals surface area contributed by atoms with Gasteiger partial charge in [-0.15, -0.1) is 6.58 Å². The van der Waals surface area contributed by atoms with Crippen molar-refractivity contribution >= 4 is 11.6 Å². The van der Waals surface area contributed by atoms with Gasteiger partial charge in [0.1, 0.15) is 6.61 Å². The van der Waals surface area contributed by atoms with Crippen LogP contribution < -0.4 is 9.47 Å². The Balaban J connectivity index is 1.79. The maximum atomic E-state index is 14.2. The number of Topliss-reactive ketones (excluding diaryl/α,β-unsaturated/α-hetero) is 2. The van der Waals surface area contributed by atoms with Gasteiger partial charge in [-0.25, -0.2) is 0 Å². The third-order valence-electron chi connectivity index (χ3n) is 8.62. The maximum Gasteiger partial charge on any atom is 0.165 e. The standard InChI is InChI=1S/C37H43NO4/c1-8-13-25-17-26(18-31(41-7)35(25)42-16-9-2)32-33-27(19-36(3,4)21-29(33)39)38(23-24-14-11-10-12-15-24)28-20-37(5,6)22-30(40)34(28)32/h8-12,14-15,17-18,32H,1-2,13,16,19-23H2,3-7H3. The van der Waals surface area contributed by atoms with Gasteiger partial charge in [-0.1, -0.05) is 82.8 Å². The van der Waals surface area contributed by atoms with Crippen molar-refractivity contribution in [1.29, 1.82) is 0 Å². The van der Waals surface area contributed by atoms with Crippen LogP contribution in [0.2, 0.25) is 0 Å². The predicted octanol–water partition coefficient (Wildman–Crippen LogP) is 7.87. The Kier molecular flexibility index (Phi) is 8.06. The molecular formula is C37H43NO4. The van der Waals surface area contributed by atoms with E-state index in [0.717, 1.165) is 52.1 Å². The average molecular weight is 566 g/mol. The highest BCUT2D eigenvalue weighted by Gasteiger charge is 2.49. The van der Waals surface area contributed by atoms with Gasteiger partial charge in [0, 0.05) is 53.4 Å². The number of ether oxygens (including phenoxy) is 2. The molecule has 0 atom stereocenters. The number of carbonyl (C=O) groups is 2. The number of benzene rings is 2. The van der Waals surface area contributed by atoms with Crippen molar-refractivity contribution in [2.24, 2.45) is 10.8 Å². The molecule has 0 aromatic heterocycles. The molecule has 0 fully saturated rings. The van der Waals surface area contributed by atoms with Crippen LogP contribution in [0.25, 0.3) is 0 Å². The topological polar surface area (TPSA) is 55.8 Å². The Bertz CT molecular complexity index is 1440. The minimum absolute atomic E-state index is 0.115. The third kappa shape index (κ3) is 5.62. The molecule has 3 aliphatic rings. The van der Waals surface area contributed by atoms with E-state index in [1.54, 1.807) is 13.2 Å². The Labute approximate surface area is 250 Å². The SMILES string of the molecule is C=CCOc1c(CC=C)cc(C2C3=C(CC(C)(C)CC3=O)N(Cc3ccccc3)C3=C2C(=O)CC(C)(C)C3)cc1OC. The molecule has 5 heteroatoms. The second kappa shape index (κ2) is 11.4. The molecule has 0 saturated carbocycles. The first-order valence-electron chi connectivity index (χ1n) is 14.9. The molecule has 0 radical (unpaired) electrons. The van der Waals surface area contributed by atoms with E-state index in [2.05, 4.69) is 64.0 Å². The predicted molar refractivity (Wildman–Crippen MR) is 167 cm³/mol. The van der Waals surface area contributed by atoms with Gasteiger partial charge in [0.2, 0.25) is 0 Å². The molecule has 42 heavy (non-hydrogen) atoms. The maximum absolute atomic E-state index is 14.2. The Morgan fingerprint density at radius 2 is 1.48 bits per heavy atom. The lowest BCUT2D eigenvalue weighted by molar-refractivity contribution is -0.119. The van der Waals surface area contributed by atoms with E-state index in [0.29, 0.717) is 43.9 Å². The molecule has 2 aromatic carbocycles. The molecule has 5 rings (SSSR count). The summed E-state index contributed by atoms with van der Waals surface area (Å²) in [6, 6.07) is 14.4. The lowest BCUT2D eigenvalue weighted by Gasteiger charge is -2.49. The fourth-order valence-corrected chi connectivity index (χ4v) is 6.95. The van der Waals surface area contributed by atoms with Crippen molar-refractivity contribution < 1.29 is 19.1 Å². The van der Waals surface area contributed by atoms with Crippen LogP contribution >= 0.6 is 0 Å². The van der Waals surface area contributed by atoms with E-state index in [4.69, 9.17) is 9.47 Å². The van der Waals surface area contributed by atoms with Crippen LogP contribution in [0.1, 0.15) is 76.0 Å². The summed E-state index contributed by atoms with van der Waals surface area (Å²) >= 11 is 0. The summed E-state index contributed by atoms with van der Waals surface area (Å²) in [7, 11) is 1.62.